The highest BCUT2D eigenvalue weighted by molar-refractivity contribution is 8.15. The van der Waals surface area contributed by atoms with Crippen LogP contribution in [0.25, 0.3) is 0 Å². The van der Waals surface area contributed by atoms with Crippen LogP contribution in [-0.4, -0.2) is 28.8 Å². The highest BCUT2D eigenvalue weighted by Crippen LogP contribution is 2.23. The van der Waals surface area contributed by atoms with Gasteiger partial charge in [-0.25, -0.2) is 0 Å². The molecule has 1 aliphatic rings. The minimum Gasteiger partial charge on any atom is -0.490 e. The first-order valence-electron chi connectivity index (χ1n) is 6.68. The number of benzene rings is 1. The van der Waals surface area contributed by atoms with Crippen LogP contribution in [0.4, 0.5) is 4.79 Å². The van der Waals surface area contributed by atoms with Gasteiger partial charge in [0.05, 0.1) is 5.25 Å². The Morgan fingerprint density at radius 3 is 2.62 bits per heavy atom. The number of hydrogen-bond donors (Lipinski definition) is 2. The molecule has 2 rings (SSSR count). The molecule has 1 aromatic carbocycles. The maximum Gasteiger partial charge on any atom is 0.286 e. The average molecular weight is 323 g/mol. The molecule has 6 heteroatoms. The van der Waals surface area contributed by atoms with Gasteiger partial charge in [0.15, 0.2) is 0 Å². The molecule has 1 atom stereocenters. The first kappa shape index (κ1) is 16.0. The predicted molar refractivity (Wildman–Crippen MR) is 88.2 cm³/mol. The molecule has 0 radical (unpaired) electrons. The van der Waals surface area contributed by atoms with Gasteiger partial charge in [-0.1, -0.05) is 36.0 Å². The predicted octanol–water partition coefficient (Wildman–Crippen LogP) is 2.84. The third-order valence-electron chi connectivity index (χ3n) is 2.92. The van der Waals surface area contributed by atoms with Crippen LogP contribution in [0.3, 0.4) is 0 Å². The molecule has 0 saturated carbocycles. The molecule has 1 N–H and O–H groups in total. The fraction of sp³-hybridized carbons (Fsp3) is 0.333. The van der Waals surface area contributed by atoms with Crippen molar-refractivity contribution in [2.45, 2.75) is 18.1 Å². The van der Waals surface area contributed by atoms with Crippen LogP contribution < -0.4 is 10.1 Å². The Morgan fingerprint density at radius 2 is 2.00 bits per heavy atom. The number of nitrogens with one attached hydrogen (secondary N) is 1. The maximum atomic E-state index is 11.5. The summed E-state index contributed by atoms with van der Waals surface area (Å²) in [6.45, 7) is 0.530. The quantitative estimate of drug-likeness (QED) is 0.598. The number of carbonyl (C=O) groups excluding carboxylic acids is 2. The summed E-state index contributed by atoms with van der Waals surface area (Å²) in [5.41, 5.74) is 1.01. The van der Waals surface area contributed by atoms with Gasteiger partial charge in [0.1, 0.15) is 12.4 Å². The number of rotatable bonds is 7. The second kappa shape index (κ2) is 8.14. The van der Waals surface area contributed by atoms with E-state index < -0.39 is 0 Å². The smallest absolute Gasteiger partial charge is 0.286 e. The number of hydrogen-bond acceptors (Lipinski definition) is 5. The summed E-state index contributed by atoms with van der Waals surface area (Å²) in [4.78, 5) is 22.6. The monoisotopic (exact) mass is 323 g/mol. The zero-order valence-electron chi connectivity index (χ0n) is 11.5. The zero-order chi connectivity index (χ0) is 15.1. The van der Waals surface area contributed by atoms with Gasteiger partial charge in [0.2, 0.25) is 5.91 Å². The summed E-state index contributed by atoms with van der Waals surface area (Å²) in [6.07, 6.45) is 5.49. The van der Waals surface area contributed by atoms with Crippen molar-refractivity contribution >= 4 is 35.5 Å². The van der Waals surface area contributed by atoms with E-state index in [1.54, 1.807) is 0 Å². The summed E-state index contributed by atoms with van der Waals surface area (Å²) < 4.78 is 5.57. The second-order valence-corrected chi connectivity index (χ2v) is 6.15. The lowest BCUT2D eigenvalue weighted by atomic mass is 10.1. The molecule has 4 nitrogen and oxygen atoms in total. The number of imide groups is 1. The topological polar surface area (TPSA) is 55.4 Å². The number of thiol groups is 1. The van der Waals surface area contributed by atoms with E-state index in [-0.39, 0.29) is 16.4 Å². The number of allylic oxidation sites excluding steroid dienone is 1. The molecule has 0 spiro atoms. The van der Waals surface area contributed by atoms with Crippen LogP contribution in [0, 0.1) is 0 Å². The van der Waals surface area contributed by atoms with Gasteiger partial charge in [-0.2, -0.15) is 12.6 Å². The molecule has 0 aromatic heterocycles. The van der Waals surface area contributed by atoms with E-state index in [4.69, 9.17) is 4.74 Å². The van der Waals surface area contributed by atoms with Crippen LogP contribution in [0.5, 0.6) is 5.75 Å². The summed E-state index contributed by atoms with van der Waals surface area (Å²) in [7, 11) is 0. The van der Waals surface area contributed by atoms with Crippen molar-refractivity contribution in [2.24, 2.45) is 0 Å². The summed E-state index contributed by atoms with van der Waals surface area (Å²) in [6, 6.07) is 7.59. The van der Waals surface area contributed by atoms with Crippen molar-refractivity contribution in [1.29, 1.82) is 0 Å². The molecule has 1 saturated heterocycles. The van der Waals surface area contributed by atoms with Gasteiger partial charge in [-0.3, -0.25) is 14.9 Å². The normalized spacial score (nSPS) is 18.2. The van der Waals surface area contributed by atoms with E-state index in [1.807, 2.05) is 36.4 Å². The van der Waals surface area contributed by atoms with Gasteiger partial charge in [0, 0.05) is 0 Å². The van der Waals surface area contributed by atoms with E-state index >= 15 is 0 Å². The molecule has 0 bridgehead atoms. The largest absolute Gasteiger partial charge is 0.490 e. The minimum absolute atomic E-state index is 0.209. The highest BCUT2D eigenvalue weighted by Gasteiger charge is 2.31. The molecule has 1 aromatic rings. The van der Waals surface area contributed by atoms with Crippen LogP contribution in [0.1, 0.15) is 12.0 Å². The molecular formula is C15H17NO3S2. The van der Waals surface area contributed by atoms with Crippen LogP contribution in [0.2, 0.25) is 0 Å². The van der Waals surface area contributed by atoms with Gasteiger partial charge in [-0.05, 0) is 36.3 Å². The number of amides is 2. The van der Waals surface area contributed by atoms with E-state index in [1.165, 1.54) is 0 Å². The molecule has 112 valence electrons. The van der Waals surface area contributed by atoms with Gasteiger partial charge < -0.3 is 4.74 Å². The van der Waals surface area contributed by atoms with Crippen molar-refractivity contribution in [3.63, 3.8) is 0 Å². The fourth-order valence-corrected chi connectivity index (χ4v) is 2.88. The molecule has 1 aliphatic heterocycles. The van der Waals surface area contributed by atoms with Crippen molar-refractivity contribution in [1.82, 2.24) is 5.32 Å². The number of carbonyl (C=O) groups is 2. The number of thioether (sulfide) groups is 1. The van der Waals surface area contributed by atoms with Crippen LogP contribution >= 0.6 is 24.4 Å². The molecule has 0 aliphatic carbocycles. The second-order valence-electron chi connectivity index (χ2n) is 4.53. The van der Waals surface area contributed by atoms with Crippen molar-refractivity contribution in [3.05, 3.63) is 42.0 Å². The molecule has 21 heavy (non-hydrogen) atoms. The van der Waals surface area contributed by atoms with Crippen molar-refractivity contribution in [2.75, 3.05) is 12.4 Å². The Bertz CT molecular complexity index is 528. The van der Waals surface area contributed by atoms with Crippen LogP contribution in [0.15, 0.2) is 36.4 Å². The van der Waals surface area contributed by atoms with Crippen LogP contribution in [-0.2, 0) is 11.2 Å². The molecule has 1 heterocycles. The first-order valence-corrected chi connectivity index (χ1v) is 8.19. The highest BCUT2D eigenvalue weighted by atomic mass is 32.2. The third-order valence-corrected chi connectivity index (χ3v) is 4.16. The molecule has 2 amide bonds. The summed E-state index contributed by atoms with van der Waals surface area (Å²) in [5.74, 6) is 1.41. The van der Waals surface area contributed by atoms with E-state index in [0.717, 1.165) is 35.2 Å². The SMILES string of the molecule is O=C1NC(=O)C(Cc2ccc(OC/C=C\CCS)cc2)S1. The number of ether oxygens (including phenoxy) is 1. The maximum absolute atomic E-state index is 11.5. The van der Waals surface area contributed by atoms with Gasteiger partial charge in [0.25, 0.3) is 5.24 Å². The van der Waals surface area contributed by atoms with E-state index in [2.05, 4.69) is 17.9 Å². The molecule has 1 unspecified atom stereocenters. The fourth-order valence-electron chi connectivity index (χ4n) is 1.87. The summed E-state index contributed by atoms with van der Waals surface area (Å²) >= 11 is 5.17. The van der Waals surface area contributed by atoms with Gasteiger partial charge in [-0.15, -0.1) is 0 Å². The zero-order valence-corrected chi connectivity index (χ0v) is 13.2. The Balaban J connectivity index is 1.82. The first-order chi connectivity index (χ1) is 10.2. The third kappa shape index (κ3) is 5.13. The average Bonchev–Trinajstić information content (AvgIpc) is 2.78. The standard InChI is InChI=1S/C15H17NO3S2/c17-14-13(21-15(18)16-14)10-11-4-6-12(7-5-11)19-8-2-1-3-9-20/h1-2,4-7,13,20H,3,8-10H2,(H,16,17,18)/b2-1-. The van der Waals surface area contributed by atoms with Crippen molar-refractivity contribution < 1.29 is 14.3 Å². The molecule has 1 fully saturated rings. The summed E-state index contributed by atoms with van der Waals surface area (Å²) in [5, 5.41) is 1.70. The lowest BCUT2D eigenvalue weighted by molar-refractivity contribution is -0.118. The van der Waals surface area contributed by atoms with Crippen molar-refractivity contribution in [3.8, 4) is 5.75 Å². The van der Waals surface area contributed by atoms with E-state index in [0.29, 0.717) is 13.0 Å². The minimum atomic E-state index is -0.326. The molecular weight excluding hydrogens is 306 g/mol. The Kier molecular flexibility index (Phi) is 6.20. The lowest BCUT2D eigenvalue weighted by Crippen LogP contribution is -2.25. The lowest BCUT2D eigenvalue weighted by Gasteiger charge is -2.07. The van der Waals surface area contributed by atoms with E-state index in [9.17, 15) is 9.59 Å². The van der Waals surface area contributed by atoms with Gasteiger partial charge >= 0.3 is 0 Å². The Labute approximate surface area is 133 Å². The Morgan fingerprint density at radius 1 is 1.24 bits per heavy atom. The Hall–Kier alpha value is -1.40.